The van der Waals surface area contributed by atoms with Crippen molar-refractivity contribution in [1.82, 2.24) is 4.90 Å². The number of nitrogens with two attached hydrogens (primary N) is 1. The lowest BCUT2D eigenvalue weighted by Gasteiger charge is -2.36. The molecular formula is C25H33N3O3. The molecule has 0 aliphatic carbocycles. The molecule has 0 unspecified atom stereocenters. The van der Waals surface area contributed by atoms with Crippen LogP contribution in [-0.4, -0.2) is 27.9 Å². The Kier molecular flexibility index (Phi) is 6.58. The minimum absolute atomic E-state index is 0.0169. The Morgan fingerprint density at radius 2 is 1.87 bits per heavy atom. The molecule has 1 aliphatic heterocycles. The highest BCUT2D eigenvalue weighted by molar-refractivity contribution is 5.98. The number of carbonyl (C=O) groups is 2. The van der Waals surface area contributed by atoms with Crippen molar-refractivity contribution in [2.75, 3.05) is 11.1 Å². The van der Waals surface area contributed by atoms with Crippen LogP contribution in [0.3, 0.4) is 0 Å². The Hall–Kier alpha value is -3.02. The van der Waals surface area contributed by atoms with Crippen molar-refractivity contribution in [3.05, 3.63) is 52.1 Å². The van der Waals surface area contributed by atoms with Gasteiger partial charge in [-0.3, -0.25) is 9.59 Å². The van der Waals surface area contributed by atoms with Crippen LogP contribution in [0.25, 0.3) is 0 Å². The van der Waals surface area contributed by atoms with Crippen LogP contribution < -0.4 is 11.1 Å². The number of nitrogens with zero attached hydrogens (tertiary/aromatic N) is 1. The molecular weight excluding hydrogens is 390 g/mol. The van der Waals surface area contributed by atoms with E-state index in [1.165, 1.54) is 0 Å². The number of aromatic hydroxyl groups is 1. The first-order chi connectivity index (χ1) is 14.6. The third kappa shape index (κ3) is 4.84. The lowest BCUT2D eigenvalue weighted by Crippen LogP contribution is -2.50. The molecule has 3 rings (SSSR count). The number of benzene rings is 2. The van der Waals surface area contributed by atoms with Crippen molar-refractivity contribution in [2.24, 2.45) is 5.92 Å². The number of anilines is 2. The quantitative estimate of drug-likeness (QED) is 0.495. The average Bonchev–Trinajstić information content (AvgIpc) is 2.73. The number of phenolic OH excluding ortho intramolecular Hbond substituents is 1. The first kappa shape index (κ1) is 22.7. The number of phenols is 1. The van der Waals surface area contributed by atoms with Gasteiger partial charge >= 0.3 is 0 Å². The van der Waals surface area contributed by atoms with Gasteiger partial charge in [0, 0.05) is 30.8 Å². The molecule has 0 radical (unpaired) electrons. The Balaban J connectivity index is 1.90. The fraction of sp³-hybridized carbons (Fsp3) is 0.440. The molecule has 0 fully saturated rings. The number of nitrogens with one attached hydrogen (secondary N) is 1. The molecule has 4 N–H and O–H groups in total. The molecule has 2 amide bonds. The maximum atomic E-state index is 13.4. The second kappa shape index (κ2) is 9.00. The van der Waals surface area contributed by atoms with Gasteiger partial charge in [-0.1, -0.05) is 19.9 Å². The number of fused-ring (bicyclic) bond motifs is 1. The second-order valence-corrected chi connectivity index (χ2v) is 9.03. The van der Waals surface area contributed by atoms with Crippen LogP contribution in [0.15, 0.2) is 24.3 Å². The van der Waals surface area contributed by atoms with Gasteiger partial charge in [-0.05, 0) is 79.1 Å². The fourth-order valence-corrected chi connectivity index (χ4v) is 4.07. The average molecular weight is 424 g/mol. The van der Waals surface area contributed by atoms with E-state index in [-0.39, 0.29) is 17.6 Å². The summed E-state index contributed by atoms with van der Waals surface area (Å²) in [6, 6.07) is 6.85. The number of aryl methyl sites for hydroxylation is 1. The van der Waals surface area contributed by atoms with Crippen LogP contribution in [0, 0.1) is 26.7 Å². The molecule has 31 heavy (non-hydrogen) atoms. The third-order valence-corrected chi connectivity index (χ3v) is 6.23. The lowest BCUT2D eigenvalue weighted by atomic mass is 9.92. The van der Waals surface area contributed by atoms with Gasteiger partial charge in [0.2, 0.25) is 11.8 Å². The van der Waals surface area contributed by atoms with Gasteiger partial charge in [-0.15, -0.1) is 0 Å². The Morgan fingerprint density at radius 1 is 1.16 bits per heavy atom. The van der Waals surface area contributed by atoms with Gasteiger partial charge in [-0.2, -0.15) is 0 Å². The standard InChI is InChI=1S/C25H33N3O3/c1-14(2)6-9-23(29)28-13-19-11-20(26)8-7-18(19)12-22(28)25(31)27-21-10-15(3)24(30)17(5)16(21)4/h7-8,10-11,14,22,30H,6,9,12-13,26H2,1-5H3,(H,27,31)/t22-/m0/s1. The first-order valence-electron chi connectivity index (χ1n) is 10.9. The number of rotatable bonds is 5. The second-order valence-electron chi connectivity index (χ2n) is 9.03. The van der Waals surface area contributed by atoms with E-state index in [0.717, 1.165) is 28.7 Å². The molecule has 166 valence electrons. The SMILES string of the molecule is Cc1cc(NC(=O)[C@@H]2Cc3ccc(N)cc3CN2C(=O)CCC(C)C)c(C)c(C)c1O. The van der Waals surface area contributed by atoms with Crippen molar-refractivity contribution >= 4 is 23.2 Å². The Morgan fingerprint density at radius 3 is 2.55 bits per heavy atom. The number of hydrogen-bond donors (Lipinski definition) is 3. The maximum Gasteiger partial charge on any atom is 0.247 e. The van der Waals surface area contributed by atoms with Crippen molar-refractivity contribution < 1.29 is 14.7 Å². The van der Waals surface area contributed by atoms with E-state index >= 15 is 0 Å². The van der Waals surface area contributed by atoms with Gasteiger partial charge < -0.3 is 21.1 Å². The Bertz CT molecular complexity index is 1010. The van der Waals surface area contributed by atoms with Crippen LogP contribution in [0.2, 0.25) is 0 Å². The van der Waals surface area contributed by atoms with E-state index in [9.17, 15) is 14.7 Å². The molecule has 2 aromatic carbocycles. The number of carbonyl (C=O) groups excluding carboxylic acids is 2. The van der Waals surface area contributed by atoms with Gasteiger partial charge in [-0.25, -0.2) is 0 Å². The summed E-state index contributed by atoms with van der Waals surface area (Å²) in [7, 11) is 0. The summed E-state index contributed by atoms with van der Waals surface area (Å²) < 4.78 is 0. The zero-order valence-corrected chi connectivity index (χ0v) is 19.1. The molecule has 1 atom stereocenters. The summed E-state index contributed by atoms with van der Waals surface area (Å²) in [4.78, 5) is 28.1. The Labute approximate surface area is 184 Å². The van der Waals surface area contributed by atoms with Crippen LogP contribution >= 0.6 is 0 Å². The maximum absolute atomic E-state index is 13.4. The topological polar surface area (TPSA) is 95.7 Å². The summed E-state index contributed by atoms with van der Waals surface area (Å²) in [5, 5.41) is 13.2. The molecule has 0 aromatic heterocycles. The van der Waals surface area contributed by atoms with Crippen LogP contribution in [0.1, 0.15) is 54.5 Å². The predicted molar refractivity (Wildman–Crippen MR) is 124 cm³/mol. The summed E-state index contributed by atoms with van der Waals surface area (Å²) >= 11 is 0. The fourth-order valence-electron chi connectivity index (χ4n) is 4.07. The highest BCUT2D eigenvalue weighted by Crippen LogP contribution is 2.32. The molecule has 6 nitrogen and oxygen atoms in total. The van der Waals surface area contributed by atoms with Crippen LogP contribution in [0.4, 0.5) is 11.4 Å². The van der Waals surface area contributed by atoms with E-state index in [4.69, 9.17) is 5.73 Å². The molecule has 0 bridgehead atoms. The van der Waals surface area contributed by atoms with Gasteiger partial charge in [0.1, 0.15) is 11.8 Å². The minimum Gasteiger partial charge on any atom is -0.507 e. The number of amides is 2. The van der Waals surface area contributed by atoms with Gasteiger partial charge in [0.25, 0.3) is 0 Å². The monoisotopic (exact) mass is 423 g/mol. The van der Waals surface area contributed by atoms with E-state index in [0.29, 0.717) is 42.2 Å². The lowest BCUT2D eigenvalue weighted by molar-refractivity contribution is -0.140. The molecule has 0 saturated heterocycles. The normalized spacial score (nSPS) is 15.7. The summed E-state index contributed by atoms with van der Waals surface area (Å²) in [5.41, 5.74) is 11.6. The number of hydrogen-bond acceptors (Lipinski definition) is 4. The molecule has 0 saturated carbocycles. The van der Waals surface area contributed by atoms with Crippen molar-refractivity contribution in [1.29, 1.82) is 0 Å². The first-order valence-corrected chi connectivity index (χ1v) is 10.9. The third-order valence-electron chi connectivity index (χ3n) is 6.23. The molecule has 1 heterocycles. The van der Waals surface area contributed by atoms with Gasteiger partial charge in [0.15, 0.2) is 0 Å². The molecule has 0 spiro atoms. The largest absolute Gasteiger partial charge is 0.507 e. The number of nitrogen functional groups attached to an aromatic ring is 1. The zero-order chi connectivity index (χ0) is 22.9. The van der Waals surface area contributed by atoms with Crippen LogP contribution in [-0.2, 0) is 22.6 Å². The minimum atomic E-state index is -0.593. The summed E-state index contributed by atoms with van der Waals surface area (Å²) in [6.45, 7) is 10.1. The predicted octanol–water partition coefficient (Wildman–Crippen LogP) is 4.23. The van der Waals surface area contributed by atoms with Crippen molar-refractivity contribution in [2.45, 2.75) is 66.5 Å². The van der Waals surface area contributed by atoms with E-state index in [1.807, 2.05) is 32.0 Å². The highest BCUT2D eigenvalue weighted by Gasteiger charge is 2.34. The smallest absolute Gasteiger partial charge is 0.247 e. The molecule has 6 heteroatoms. The summed E-state index contributed by atoms with van der Waals surface area (Å²) in [5.74, 6) is 0.421. The summed E-state index contributed by atoms with van der Waals surface area (Å²) in [6.07, 6.45) is 1.64. The van der Waals surface area contributed by atoms with E-state index in [1.54, 1.807) is 17.9 Å². The van der Waals surface area contributed by atoms with E-state index in [2.05, 4.69) is 19.2 Å². The highest BCUT2D eigenvalue weighted by atomic mass is 16.3. The van der Waals surface area contributed by atoms with Crippen molar-refractivity contribution in [3.63, 3.8) is 0 Å². The molecule has 1 aliphatic rings. The zero-order valence-electron chi connectivity index (χ0n) is 19.1. The molecule has 2 aromatic rings. The van der Waals surface area contributed by atoms with Gasteiger partial charge in [0.05, 0.1) is 0 Å². The van der Waals surface area contributed by atoms with E-state index < -0.39 is 6.04 Å². The van der Waals surface area contributed by atoms with Crippen molar-refractivity contribution in [3.8, 4) is 5.75 Å². The van der Waals surface area contributed by atoms with Crippen LogP contribution in [0.5, 0.6) is 5.75 Å².